The first-order valence-corrected chi connectivity index (χ1v) is 8.20. The molecule has 0 spiro atoms. The number of likely N-dealkylation sites (tertiary alicyclic amines) is 1. The molecule has 1 N–H and O–H groups in total. The fourth-order valence-electron chi connectivity index (χ4n) is 3.03. The first-order valence-electron chi connectivity index (χ1n) is 8.20. The molecule has 0 aliphatic carbocycles. The van der Waals surface area contributed by atoms with E-state index in [4.69, 9.17) is 5.11 Å². The highest BCUT2D eigenvalue weighted by atomic mass is 35.5. The number of halogens is 1. The van der Waals surface area contributed by atoms with Gasteiger partial charge in [0.15, 0.2) is 0 Å². The summed E-state index contributed by atoms with van der Waals surface area (Å²) in [7, 11) is 0. The topological polar surface area (TPSA) is 23.5 Å². The maximum atomic E-state index is 8.90. The van der Waals surface area contributed by atoms with Crippen LogP contribution >= 0.6 is 12.4 Å². The van der Waals surface area contributed by atoms with Crippen LogP contribution in [0.5, 0.6) is 0 Å². The molecule has 1 aliphatic rings. The molecule has 0 amide bonds. The molecule has 0 unspecified atom stereocenters. The van der Waals surface area contributed by atoms with Crippen LogP contribution in [0.1, 0.15) is 71.1 Å². The highest BCUT2D eigenvalue weighted by Crippen LogP contribution is 2.23. The lowest BCUT2D eigenvalue weighted by Gasteiger charge is -2.31. The molecule has 0 radical (unpaired) electrons. The van der Waals surface area contributed by atoms with E-state index >= 15 is 0 Å². The Kier molecular flexibility index (Phi) is 13.4. The van der Waals surface area contributed by atoms with E-state index in [-0.39, 0.29) is 12.4 Å². The van der Waals surface area contributed by atoms with Gasteiger partial charge in [-0.3, -0.25) is 0 Å². The van der Waals surface area contributed by atoms with Crippen molar-refractivity contribution in [1.29, 1.82) is 0 Å². The van der Waals surface area contributed by atoms with E-state index in [9.17, 15) is 0 Å². The van der Waals surface area contributed by atoms with Crippen molar-refractivity contribution in [3.63, 3.8) is 0 Å². The summed E-state index contributed by atoms with van der Waals surface area (Å²) in [5, 5.41) is 8.90. The monoisotopic (exact) mass is 291 g/mol. The van der Waals surface area contributed by atoms with Gasteiger partial charge in [0.1, 0.15) is 0 Å². The number of hydrogen-bond acceptors (Lipinski definition) is 2. The molecule has 19 heavy (non-hydrogen) atoms. The molecule has 0 aromatic rings. The van der Waals surface area contributed by atoms with Crippen LogP contribution in [0.2, 0.25) is 0 Å². The van der Waals surface area contributed by atoms with Gasteiger partial charge in [-0.05, 0) is 31.8 Å². The maximum Gasteiger partial charge on any atom is 0.0558 e. The normalized spacial score (nSPS) is 17.4. The van der Waals surface area contributed by atoms with Crippen molar-refractivity contribution in [2.24, 2.45) is 5.92 Å². The summed E-state index contributed by atoms with van der Waals surface area (Å²) in [6, 6.07) is 0. The molecule has 1 aliphatic heterocycles. The molecule has 3 heteroatoms. The highest BCUT2D eigenvalue weighted by molar-refractivity contribution is 5.85. The number of β-amino-alcohol motifs (C(OH)–C–C–N with tert-alkyl or cyclic N) is 1. The second-order valence-electron chi connectivity index (χ2n) is 5.92. The molecule has 116 valence electrons. The second kappa shape index (κ2) is 13.2. The Morgan fingerprint density at radius 3 is 2.11 bits per heavy atom. The lowest BCUT2D eigenvalue weighted by molar-refractivity contribution is 0.143. The van der Waals surface area contributed by atoms with Gasteiger partial charge in [-0.2, -0.15) is 0 Å². The minimum atomic E-state index is 0. The number of rotatable bonds is 10. The molecule has 1 heterocycles. The predicted octanol–water partition coefficient (Wildman–Crippen LogP) is 4.25. The van der Waals surface area contributed by atoms with Crippen LogP contribution in [0.3, 0.4) is 0 Å². The second-order valence-corrected chi connectivity index (χ2v) is 5.92. The van der Waals surface area contributed by atoms with Crippen molar-refractivity contribution in [1.82, 2.24) is 4.90 Å². The summed E-state index contributed by atoms with van der Waals surface area (Å²) in [6.07, 6.45) is 14.2. The largest absolute Gasteiger partial charge is 0.395 e. The van der Waals surface area contributed by atoms with Gasteiger partial charge >= 0.3 is 0 Å². The Morgan fingerprint density at radius 2 is 1.53 bits per heavy atom. The van der Waals surface area contributed by atoms with Crippen LogP contribution in [-0.2, 0) is 0 Å². The molecule has 0 aromatic heterocycles. The van der Waals surface area contributed by atoms with E-state index in [1.807, 2.05) is 0 Å². The average molecular weight is 292 g/mol. The number of aliphatic hydroxyl groups is 1. The first-order chi connectivity index (χ1) is 8.86. The van der Waals surface area contributed by atoms with Crippen LogP contribution in [-0.4, -0.2) is 36.2 Å². The van der Waals surface area contributed by atoms with E-state index in [2.05, 4.69) is 11.8 Å². The van der Waals surface area contributed by atoms with Gasteiger partial charge in [0.05, 0.1) is 6.61 Å². The summed E-state index contributed by atoms with van der Waals surface area (Å²) in [5.74, 6) is 0.968. The van der Waals surface area contributed by atoms with Gasteiger partial charge in [-0.25, -0.2) is 0 Å². The number of aliphatic hydroxyl groups excluding tert-OH is 1. The minimum Gasteiger partial charge on any atom is -0.395 e. The number of piperidine rings is 1. The Labute approximate surface area is 126 Å². The first kappa shape index (κ1) is 19.2. The summed E-state index contributed by atoms with van der Waals surface area (Å²) in [4.78, 5) is 2.40. The fourth-order valence-corrected chi connectivity index (χ4v) is 3.03. The van der Waals surface area contributed by atoms with Crippen LogP contribution in [0.4, 0.5) is 0 Å². The summed E-state index contributed by atoms with van der Waals surface area (Å²) in [5.41, 5.74) is 0. The van der Waals surface area contributed by atoms with Crippen LogP contribution in [0.25, 0.3) is 0 Å². The average Bonchev–Trinajstić information content (AvgIpc) is 2.40. The Morgan fingerprint density at radius 1 is 0.947 bits per heavy atom. The molecule has 0 atom stereocenters. The van der Waals surface area contributed by atoms with Crippen molar-refractivity contribution in [3.05, 3.63) is 0 Å². The SMILES string of the molecule is CCCCCCCCCC1CCN(CCO)CC1.Cl. The molecular weight excluding hydrogens is 258 g/mol. The molecule has 0 bridgehead atoms. The van der Waals surface area contributed by atoms with Crippen molar-refractivity contribution in [2.75, 3.05) is 26.2 Å². The lowest BCUT2D eigenvalue weighted by Crippen LogP contribution is -2.35. The lowest BCUT2D eigenvalue weighted by atomic mass is 9.91. The molecule has 0 saturated carbocycles. The third kappa shape index (κ3) is 9.70. The zero-order valence-electron chi connectivity index (χ0n) is 12.8. The van der Waals surface area contributed by atoms with Gasteiger partial charge in [0, 0.05) is 6.54 Å². The number of unbranched alkanes of at least 4 members (excludes halogenated alkanes) is 6. The third-order valence-corrected chi connectivity index (χ3v) is 4.34. The Balaban J connectivity index is 0.00000324. The van der Waals surface area contributed by atoms with Gasteiger partial charge < -0.3 is 10.0 Å². The molecule has 2 nitrogen and oxygen atoms in total. The van der Waals surface area contributed by atoms with Gasteiger partial charge in [-0.15, -0.1) is 12.4 Å². The smallest absolute Gasteiger partial charge is 0.0558 e. The van der Waals surface area contributed by atoms with E-state index in [0.717, 1.165) is 12.5 Å². The van der Waals surface area contributed by atoms with E-state index in [1.165, 1.54) is 77.3 Å². The molecular formula is C16H34ClNO. The van der Waals surface area contributed by atoms with Crippen molar-refractivity contribution in [3.8, 4) is 0 Å². The maximum absolute atomic E-state index is 8.90. The number of nitrogens with zero attached hydrogens (tertiary/aromatic N) is 1. The molecule has 0 aromatic carbocycles. The van der Waals surface area contributed by atoms with Crippen molar-refractivity contribution >= 4 is 12.4 Å². The van der Waals surface area contributed by atoms with Crippen LogP contribution in [0.15, 0.2) is 0 Å². The van der Waals surface area contributed by atoms with E-state index in [1.54, 1.807) is 0 Å². The molecule has 1 fully saturated rings. The fraction of sp³-hybridized carbons (Fsp3) is 1.00. The zero-order chi connectivity index (χ0) is 13.1. The van der Waals surface area contributed by atoms with Crippen molar-refractivity contribution < 1.29 is 5.11 Å². The molecule has 1 saturated heterocycles. The third-order valence-electron chi connectivity index (χ3n) is 4.34. The van der Waals surface area contributed by atoms with Crippen LogP contribution < -0.4 is 0 Å². The standard InChI is InChI=1S/C16H33NO.ClH/c1-2-3-4-5-6-7-8-9-16-10-12-17(13-11-16)14-15-18;/h16,18H,2-15H2,1H3;1H. The molecule has 1 rings (SSSR count). The van der Waals surface area contributed by atoms with Gasteiger partial charge in [-0.1, -0.05) is 58.3 Å². The van der Waals surface area contributed by atoms with E-state index < -0.39 is 0 Å². The summed E-state index contributed by atoms with van der Waals surface area (Å²) < 4.78 is 0. The summed E-state index contributed by atoms with van der Waals surface area (Å²) in [6.45, 7) is 5.90. The zero-order valence-corrected chi connectivity index (χ0v) is 13.6. The minimum absolute atomic E-state index is 0. The van der Waals surface area contributed by atoms with Crippen molar-refractivity contribution in [2.45, 2.75) is 71.1 Å². The number of hydrogen-bond donors (Lipinski definition) is 1. The van der Waals surface area contributed by atoms with Crippen LogP contribution in [0, 0.1) is 5.92 Å². The highest BCUT2D eigenvalue weighted by Gasteiger charge is 2.17. The van der Waals surface area contributed by atoms with Gasteiger partial charge in [0.2, 0.25) is 0 Å². The quantitative estimate of drug-likeness (QED) is 0.608. The predicted molar refractivity (Wildman–Crippen MR) is 86.1 cm³/mol. The Bertz CT molecular complexity index is 182. The Hall–Kier alpha value is 0.210. The van der Waals surface area contributed by atoms with E-state index in [0.29, 0.717) is 6.61 Å². The van der Waals surface area contributed by atoms with Gasteiger partial charge in [0.25, 0.3) is 0 Å². The summed E-state index contributed by atoms with van der Waals surface area (Å²) >= 11 is 0.